The Hall–Kier alpha value is -3.41. The third kappa shape index (κ3) is 4.85. The van der Waals surface area contributed by atoms with Crippen LogP contribution in [0.1, 0.15) is 16.1 Å². The molecule has 0 radical (unpaired) electrons. The second kappa shape index (κ2) is 9.22. The Bertz CT molecular complexity index is 1270. The normalized spacial score (nSPS) is 15.3. The summed E-state index contributed by atoms with van der Waals surface area (Å²) in [6.45, 7) is 4.05. The highest BCUT2D eigenvalue weighted by atomic mass is 32.2. The Morgan fingerprint density at radius 3 is 2.55 bits per heavy atom. The Morgan fingerprint density at radius 2 is 1.88 bits per heavy atom. The fraction of sp³-hybridized carbons (Fsp3) is 0.273. The van der Waals surface area contributed by atoms with E-state index < -0.39 is 15.9 Å². The van der Waals surface area contributed by atoms with Gasteiger partial charge in [0, 0.05) is 37.9 Å². The number of carbonyl (C=O) groups is 1. The lowest BCUT2D eigenvalue weighted by Crippen LogP contribution is -2.47. The van der Waals surface area contributed by atoms with E-state index >= 15 is 0 Å². The summed E-state index contributed by atoms with van der Waals surface area (Å²) in [6, 6.07) is 8.36. The van der Waals surface area contributed by atoms with Crippen LogP contribution in [0.4, 0.5) is 11.5 Å². The van der Waals surface area contributed by atoms with E-state index in [0.717, 1.165) is 0 Å². The van der Waals surface area contributed by atoms with Gasteiger partial charge in [0.25, 0.3) is 5.91 Å². The number of nitrogens with one attached hydrogen (secondary N) is 1. The third-order valence-electron chi connectivity index (χ3n) is 5.49. The van der Waals surface area contributed by atoms with Crippen molar-refractivity contribution in [3.05, 3.63) is 60.2 Å². The zero-order valence-corrected chi connectivity index (χ0v) is 19.2. The topological polar surface area (TPSA) is 134 Å². The SMILES string of the molecule is Cc1cc(-c2cnc(N)c(C(=O)Nc3cccnc3)n2)ccc1S(=O)(=O)N1CCN(C)CC1. The molecule has 3 aromatic rings. The Labute approximate surface area is 192 Å². The molecular formula is C22H25N7O3S. The Balaban J connectivity index is 1.60. The van der Waals surface area contributed by atoms with Gasteiger partial charge in [0.1, 0.15) is 0 Å². The number of amides is 1. The van der Waals surface area contributed by atoms with Gasteiger partial charge in [-0.3, -0.25) is 9.78 Å². The minimum Gasteiger partial charge on any atom is -0.382 e. The zero-order chi connectivity index (χ0) is 23.6. The van der Waals surface area contributed by atoms with Crippen LogP contribution in [0.15, 0.2) is 53.8 Å². The molecule has 1 aliphatic rings. The van der Waals surface area contributed by atoms with Gasteiger partial charge in [0.05, 0.1) is 28.7 Å². The first-order chi connectivity index (χ1) is 15.8. The summed E-state index contributed by atoms with van der Waals surface area (Å²) in [7, 11) is -1.62. The van der Waals surface area contributed by atoms with Gasteiger partial charge < -0.3 is 16.0 Å². The molecule has 3 N–H and O–H groups in total. The molecule has 0 saturated carbocycles. The molecule has 0 bridgehead atoms. The monoisotopic (exact) mass is 467 g/mol. The molecule has 1 amide bonds. The van der Waals surface area contributed by atoms with Crippen molar-refractivity contribution < 1.29 is 13.2 Å². The number of hydrogen-bond acceptors (Lipinski definition) is 8. The van der Waals surface area contributed by atoms with Crippen LogP contribution in [0.25, 0.3) is 11.3 Å². The quantitative estimate of drug-likeness (QED) is 0.578. The highest BCUT2D eigenvalue weighted by molar-refractivity contribution is 7.89. The summed E-state index contributed by atoms with van der Waals surface area (Å²) in [5.74, 6) is -0.521. The molecule has 1 aromatic carbocycles. The lowest BCUT2D eigenvalue weighted by molar-refractivity contribution is 0.102. The van der Waals surface area contributed by atoms with Crippen LogP contribution in [0, 0.1) is 6.92 Å². The van der Waals surface area contributed by atoms with Gasteiger partial charge in [-0.25, -0.2) is 18.4 Å². The number of nitrogen functional groups attached to an aromatic ring is 1. The number of piperazine rings is 1. The molecular weight excluding hydrogens is 442 g/mol. The number of nitrogens with two attached hydrogens (primary N) is 1. The van der Waals surface area contributed by atoms with Crippen LogP contribution < -0.4 is 11.1 Å². The number of carbonyl (C=O) groups excluding carboxylic acids is 1. The van der Waals surface area contributed by atoms with Crippen molar-refractivity contribution in [3.8, 4) is 11.3 Å². The number of anilines is 2. The number of rotatable bonds is 5. The molecule has 33 heavy (non-hydrogen) atoms. The maximum absolute atomic E-state index is 13.1. The zero-order valence-electron chi connectivity index (χ0n) is 18.4. The predicted octanol–water partition coefficient (Wildman–Crippen LogP) is 1.62. The second-order valence-corrected chi connectivity index (χ2v) is 9.78. The number of pyridine rings is 1. The van der Waals surface area contributed by atoms with Crippen molar-refractivity contribution in [2.45, 2.75) is 11.8 Å². The van der Waals surface area contributed by atoms with E-state index in [2.05, 4.69) is 25.2 Å². The van der Waals surface area contributed by atoms with Gasteiger partial charge in [0.15, 0.2) is 11.5 Å². The fourth-order valence-corrected chi connectivity index (χ4v) is 5.23. The lowest BCUT2D eigenvalue weighted by atomic mass is 10.1. The average Bonchev–Trinajstić information content (AvgIpc) is 2.80. The summed E-state index contributed by atoms with van der Waals surface area (Å²) >= 11 is 0. The van der Waals surface area contributed by atoms with E-state index in [0.29, 0.717) is 48.7 Å². The average molecular weight is 468 g/mol. The van der Waals surface area contributed by atoms with Crippen molar-refractivity contribution in [2.75, 3.05) is 44.3 Å². The smallest absolute Gasteiger partial charge is 0.278 e. The summed E-state index contributed by atoms with van der Waals surface area (Å²) in [5.41, 5.74) is 8.00. The Kier molecular flexibility index (Phi) is 6.36. The van der Waals surface area contributed by atoms with Crippen molar-refractivity contribution in [2.24, 2.45) is 0 Å². The molecule has 10 nitrogen and oxygen atoms in total. The van der Waals surface area contributed by atoms with Crippen LogP contribution in [0.2, 0.25) is 0 Å². The minimum atomic E-state index is -3.60. The Morgan fingerprint density at radius 1 is 1.12 bits per heavy atom. The predicted molar refractivity (Wildman–Crippen MR) is 125 cm³/mol. The number of benzene rings is 1. The summed E-state index contributed by atoms with van der Waals surface area (Å²) in [4.78, 5) is 27.5. The van der Waals surface area contributed by atoms with E-state index in [1.54, 1.807) is 43.5 Å². The van der Waals surface area contributed by atoms with Crippen LogP contribution in [-0.2, 0) is 10.0 Å². The summed E-state index contributed by atoms with van der Waals surface area (Å²) in [5, 5.41) is 2.69. The molecule has 11 heteroatoms. The molecule has 172 valence electrons. The summed E-state index contributed by atoms with van der Waals surface area (Å²) in [6.07, 6.45) is 4.56. The molecule has 0 unspecified atom stereocenters. The van der Waals surface area contributed by atoms with Crippen LogP contribution in [0.5, 0.6) is 0 Å². The molecule has 3 heterocycles. The standard InChI is InChI=1S/C22H25N7O3S/c1-15-12-16(5-6-19(15)33(31,32)29-10-8-28(2)9-11-29)18-14-25-21(23)20(27-18)22(30)26-17-4-3-7-24-13-17/h3-7,12-14H,8-11H2,1-2H3,(H2,23,25)(H,26,30). The van der Waals surface area contributed by atoms with E-state index in [4.69, 9.17) is 5.73 Å². The van der Waals surface area contributed by atoms with Gasteiger partial charge in [-0.15, -0.1) is 0 Å². The van der Waals surface area contributed by atoms with Gasteiger partial charge in [-0.05, 0) is 43.8 Å². The number of nitrogens with zero attached hydrogens (tertiary/aromatic N) is 5. The lowest BCUT2D eigenvalue weighted by Gasteiger charge is -2.31. The van der Waals surface area contributed by atoms with Crippen molar-refractivity contribution >= 4 is 27.4 Å². The molecule has 1 aliphatic heterocycles. The first-order valence-corrected chi connectivity index (χ1v) is 11.8. The number of aromatic nitrogens is 3. The van der Waals surface area contributed by atoms with Gasteiger partial charge in [0.2, 0.25) is 10.0 Å². The number of likely N-dealkylation sites (N-methyl/N-ethyl adjacent to an activating group) is 1. The first kappa shape index (κ1) is 22.8. The highest BCUT2D eigenvalue weighted by Gasteiger charge is 2.29. The largest absolute Gasteiger partial charge is 0.382 e. The first-order valence-electron chi connectivity index (χ1n) is 10.4. The van der Waals surface area contributed by atoms with Gasteiger partial charge >= 0.3 is 0 Å². The van der Waals surface area contributed by atoms with E-state index in [9.17, 15) is 13.2 Å². The van der Waals surface area contributed by atoms with Crippen molar-refractivity contribution in [3.63, 3.8) is 0 Å². The van der Waals surface area contributed by atoms with E-state index in [1.807, 2.05) is 7.05 Å². The molecule has 4 rings (SSSR count). The molecule has 0 aliphatic carbocycles. The number of sulfonamides is 1. The van der Waals surface area contributed by atoms with E-state index in [-0.39, 0.29) is 16.4 Å². The number of aryl methyl sites for hydroxylation is 1. The van der Waals surface area contributed by atoms with Crippen molar-refractivity contribution in [1.29, 1.82) is 0 Å². The van der Waals surface area contributed by atoms with E-state index in [1.165, 1.54) is 16.7 Å². The van der Waals surface area contributed by atoms with Gasteiger partial charge in [-0.1, -0.05) is 6.07 Å². The maximum atomic E-state index is 13.1. The fourth-order valence-electron chi connectivity index (χ4n) is 3.60. The van der Waals surface area contributed by atoms with Crippen LogP contribution in [-0.4, -0.2) is 71.7 Å². The molecule has 0 spiro atoms. The molecule has 1 fully saturated rings. The van der Waals surface area contributed by atoms with Crippen molar-refractivity contribution in [1.82, 2.24) is 24.2 Å². The van der Waals surface area contributed by atoms with Crippen LogP contribution >= 0.6 is 0 Å². The molecule has 1 saturated heterocycles. The third-order valence-corrected chi connectivity index (χ3v) is 7.54. The number of hydrogen-bond donors (Lipinski definition) is 2. The second-order valence-electron chi connectivity index (χ2n) is 7.87. The molecule has 0 atom stereocenters. The maximum Gasteiger partial charge on any atom is 0.278 e. The molecule has 2 aromatic heterocycles. The highest BCUT2D eigenvalue weighted by Crippen LogP contribution is 2.27. The summed E-state index contributed by atoms with van der Waals surface area (Å²) < 4.78 is 27.8. The van der Waals surface area contributed by atoms with Crippen LogP contribution in [0.3, 0.4) is 0 Å². The van der Waals surface area contributed by atoms with Gasteiger partial charge in [-0.2, -0.15) is 4.31 Å². The minimum absolute atomic E-state index is 0.00822.